The zero-order valence-corrected chi connectivity index (χ0v) is 18.7. The van der Waals surface area contributed by atoms with Gasteiger partial charge in [0.2, 0.25) is 0 Å². The van der Waals surface area contributed by atoms with Crippen molar-refractivity contribution in [3.63, 3.8) is 0 Å². The van der Waals surface area contributed by atoms with E-state index in [1.54, 1.807) is 12.1 Å². The number of nitrogens with one attached hydrogen (secondary N) is 1. The third-order valence-corrected chi connectivity index (χ3v) is 6.68. The number of H-pyrrole nitrogens is 1. The van der Waals surface area contributed by atoms with Crippen molar-refractivity contribution in [1.29, 1.82) is 0 Å². The maximum absolute atomic E-state index is 10.9. The summed E-state index contributed by atoms with van der Waals surface area (Å²) in [5.74, 6) is 0. The molecule has 0 bridgehead atoms. The number of carbonyl (C=O) groups is 1. The SMILES string of the molecule is O=Cc1ccc(-c2ccc(-c3cc4nc(O[C@@H]5CO[C@H]6[C@@H]5OC[C@H]6O)[nH]c4cc3Cl)cc2)cc1. The molecule has 34 heavy (non-hydrogen) atoms. The Morgan fingerprint density at radius 3 is 2.38 bits per heavy atom. The van der Waals surface area contributed by atoms with E-state index >= 15 is 0 Å². The van der Waals surface area contributed by atoms with E-state index < -0.39 is 6.10 Å². The average molecular weight is 477 g/mol. The number of imidazole rings is 1. The number of hydrogen-bond donors (Lipinski definition) is 2. The molecule has 6 rings (SSSR count). The Kier molecular flexibility index (Phi) is 5.34. The highest BCUT2D eigenvalue weighted by Crippen LogP contribution is 2.35. The summed E-state index contributed by atoms with van der Waals surface area (Å²) < 4.78 is 17.2. The van der Waals surface area contributed by atoms with E-state index in [0.717, 1.165) is 39.6 Å². The Hall–Kier alpha value is -3.23. The van der Waals surface area contributed by atoms with Crippen LogP contribution < -0.4 is 4.74 Å². The van der Waals surface area contributed by atoms with Crippen LogP contribution in [0, 0.1) is 0 Å². The van der Waals surface area contributed by atoms with Gasteiger partial charge in [-0.25, -0.2) is 0 Å². The summed E-state index contributed by atoms with van der Waals surface area (Å²) in [7, 11) is 0. The van der Waals surface area contributed by atoms with Crippen LogP contribution in [0.15, 0.2) is 60.7 Å². The molecule has 2 saturated heterocycles. The number of aliphatic hydroxyl groups is 1. The zero-order chi connectivity index (χ0) is 23.2. The van der Waals surface area contributed by atoms with E-state index in [9.17, 15) is 9.90 Å². The second-order valence-electron chi connectivity index (χ2n) is 8.53. The second kappa shape index (κ2) is 8.52. The number of benzene rings is 3. The van der Waals surface area contributed by atoms with E-state index in [2.05, 4.69) is 9.97 Å². The third kappa shape index (κ3) is 3.76. The van der Waals surface area contributed by atoms with Crippen molar-refractivity contribution in [2.75, 3.05) is 13.2 Å². The summed E-state index contributed by atoms with van der Waals surface area (Å²) in [5, 5.41) is 10.5. The van der Waals surface area contributed by atoms with Crippen LogP contribution in [0.2, 0.25) is 5.02 Å². The molecule has 4 atom stereocenters. The second-order valence-corrected chi connectivity index (χ2v) is 8.94. The summed E-state index contributed by atoms with van der Waals surface area (Å²) in [6.45, 7) is 0.580. The lowest BCUT2D eigenvalue weighted by Gasteiger charge is -2.15. The third-order valence-electron chi connectivity index (χ3n) is 6.37. The molecule has 2 fully saturated rings. The molecule has 0 aliphatic carbocycles. The molecule has 3 heterocycles. The van der Waals surface area contributed by atoms with Gasteiger partial charge in [0.15, 0.2) is 6.10 Å². The Labute approximate surface area is 200 Å². The highest BCUT2D eigenvalue weighted by atomic mass is 35.5. The molecule has 0 saturated carbocycles. The van der Waals surface area contributed by atoms with Gasteiger partial charge in [0, 0.05) is 11.1 Å². The van der Waals surface area contributed by atoms with E-state index in [-0.39, 0.29) is 24.9 Å². The Morgan fingerprint density at radius 2 is 1.65 bits per heavy atom. The monoisotopic (exact) mass is 476 g/mol. The molecule has 2 aliphatic heterocycles. The minimum Gasteiger partial charge on any atom is -0.456 e. The quantitative estimate of drug-likeness (QED) is 0.418. The lowest BCUT2D eigenvalue weighted by Crippen LogP contribution is -2.34. The van der Waals surface area contributed by atoms with E-state index in [4.69, 9.17) is 25.8 Å². The van der Waals surface area contributed by atoms with Crippen molar-refractivity contribution in [3.05, 3.63) is 71.2 Å². The Bertz CT molecular complexity index is 1350. The number of aldehydes is 1. The molecule has 0 spiro atoms. The number of halogens is 1. The van der Waals surface area contributed by atoms with Crippen LogP contribution in [0.1, 0.15) is 10.4 Å². The molecule has 0 unspecified atom stereocenters. The van der Waals surface area contributed by atoms with Crippen LogP contribution in [0.4, 0.5) is 0 Å². The maximum atomic E-state index is 10.9. The number of aromatic nitrogens is 2. The van der Waals surface area contributed by atoms with Gasteiger partial charge in [-0.1, -0.05) is 60.1 Å². The number of aliphatic hydroxyl groups excluding tert-OH is 1. The fraction of sp³-hybridized carbons (Fsp3) is 0.231. The molecule has 0 amide bonds. The van der Waals surface area contributed by atoms with Gasteiger partial charge in [-0.2, -0.15) is 4.98 Å². The molecule has 8 heteroatoms. The number of hydrogen-bond acceptors (Lipinski definition) is 6. The van der Waals surface area contributed by atoms with Crippen LogP contribution in [0.25, 0.3) is 33.3 Å². The smallest absolute Gasteiger partial charge is 0.295 e. The van der Waals surface area contributed by atoms with Crippen LogP contribution in [-0.2, 0) is 9.47 Å². The first kappa shape index (κ1) is 21.3. The normalized spacial score (nSPS) is 23.8. The molecule has 4 aromatic rings. The van der Waals surface area contributed by atoms with Crippen LogP contribution in [-0.4, -0.2) is 59.0 Å². The van der Waals surface area contributed by atoms with Crippen molar-refractivity contribution in [3.8, 4) is 28.3 Å². The van der Waals surface area contributed by atoms with Crippen molar-refractivity contribution >= 4 is 28.9 Å². The molecule has 7 nitrogen and oxygen atoms in total. The average Bonchev–Trinajstić information content (AvgIpc) is 3.55. The lowest BCUT2D eigenvalue weighted by atomic mass is 9.99. The van der Waals surface area contributed by atoms with E-state index in [1.165, 1.54) is 0 Å². The fourth-order valence-electron chi connectivity index (χ4n) is 4.57. The van der Waals surface area contributed by atoms with Crippen LogP contribution in [0.5, 0.6) is 6.01 Å². The summed E-state index contributed by atoms with van der Waals surface area (Å²) in [5.41, 5.74) is 6.04. The fourth-order valence-corrected chi connectivity index (χ4v) is 4.84. The van der Waals surface area contributed by atoms with E-state index in [1.807, 2.05) is 48.5 Å². The van der Waals surface area contributed by atoms with Crippen molar-refractivity contribution in [2.24, 2.45) is 0 Å². The Balaban J connectivity index is 1.24. The predicted octanol–water partition coefficient (Wildman–Crippen LogP) is 4.27. The van der Waals surface area contributed by atoms with E-state index in [0.29, 0.717) is 23.2 Å². The molecular formula is C26H21ClN2O5. The van der Waals surface area contributed by atoms with Crippen LogP contribution in [0.3, 0.4) is 0 Å². The number of aromatic amines is 1. The van der Waals surface area contributed by atoms with Gasteiger partial charge in [0.25, 0.3) is 6.01 Å². The minimum atomic E-state index is -0.627. The van der Waals surface area contributed by atoms with Crippen molar-refractivity contribution in [2.45, 2.75) is 24.4 Å². The first-order valence-corrected chi connectivity index (χ1v) is 11.4. The lowest BCUT2D eigenvalue weighted by molar-refractivity contribution is 0.00706. The van der Waals surface area contributed by atoms with Gasteiger partial charge in [0.1, 0.15) is 24.6 Å². The first-order chi connectivity index (χ1) is 16.6. The molecule has 2 N–H and O–H groups in total. The minimum absolute atomic E-state index is 0.247. The number of nitrogens with zero attached hydrogens (tertiary/aromatic N) is 1. The molecule has 2 aliphatic rings. The molecule has 1 aromatic heterocycles. The Morgan fingerprint density at radius 1 is 0.971 bits per heavy atom. The molecule has 0 radical (unpaired) electrons. The van der Waals surface area contributed by atoms with Gasteiger partial charge in [-0.15, -0.1) is 0 Å². The number of rotatable bonds is 5. The van der Waals surface area contributed by atoms with Crippen LogP contribution >= 0.6 is 11.6 Å². The summed E-state index contributed by atoms with van der Waals surface area (Å²) in [6.07, 6.45) is -0.804. The largest absolute Gasteiger partial charge is 0.456 e. The molecule has 172 valence electrons. The van der Waals surface area contributed by atoms with Gasteiger partial charge in [0.05, 0.1) is 29.3 Å². The highest BCUT2D eigenvalue weighted by Gasteiger charge is 2.48. The molecular weight excluding hydrogens is 456 g/mol. The summed E-state index contributed by atoms with van der Waals surface area (Å²) >= 11 is 6.61. The number of ether oxygens (including phenoxy) is 3. The maximum Gasteiger partial charge on any atom is 0.295 e. The predicted molar refractivity (Wildman–Crippen MR) is 127 cm³/mol. The number of carbonyl (C=O) groups excluding carboxylic acids is 1. The summed E-state index contributed by atoms with van der Waals surface area (Å²) in [6, 6.07) is 19.7. The van der Waals surface area contributed by atoms with Crippen molar-refractivity contribution < 1.29 is 24.1 Å². The standard InChI is InChI=1S/C26H21ClN2O5/c27-19-10-21-20(28-26(29-21)34-23-13-33-24-22(31)12-32-25(23)24)9-18(19)17-7-5-16(6-8-17)15-3-1-14(11-30)2-4-15/h1-11,22-25,31H,12-13H2,(H,28,29)/t22-,23-,24-,25-/m1/s1. The van der Waals surface area contributed by atoms with Gasteiger partial charge < -0.3 is 24.3 Å². The summed E-state index contributed by atoms with van der Waals surface area (Å²) in [4.78, 5) is 18.6. The van der Waals surface area contributed by atoms with Gasteiger partial charge in [-0.05, 0) is 28.8 Å². The topological polar surface area (TPSA) is 93.7 Å². The molecule has 3 aromatic carbocycles. The number of fused-ring (bicyclic) bond motifs is 2. The van der Waals surface area contributed by atoms with Gasteiger partial charge in [-0.3, -0.25) is 4.79 Å². The van der Waals surface area contributed by atoms with Gasteiger partial charge >= 0.3 is 0 Å². The zero-order valence-electron chi connectivity index (χ0n) is 18.0. The highest BCUT2D eigenvalue weighted by molar-refractivity contribution is 6.34. The first-order valence-electron chi connectivity index (χ1n) is 11.0. The van der Waals surface area contributed by atoms with Crippen molar-refractivity contribution in [1.82, 2.24) is 9.97 Å².